The minimum Gasteiger partial charge on any atom is -0.238 e. The Labute approximate surface area is 80.5 Å². The largest absolute Gasteiger partial charge is 0.343 e. The zero-order chi connectivity index (χ0) is 12.0. The molecule has 0 aliphatic heterocycles. The molecule has 0 nitrogen and oxygen atoms in total. The van der Waals surface area contributed by atoms with Crippen LogP contribution in [0, 0.1) is 5.41 Å². The van der Waals surface area contributed by atoms with Crippen molar-refractivity contribution in [3.63, 3.8) is 0 Å². The van der Waals surface area contributed by atoms with E-state index in [0.717, 1.165) is 20.8 Å². The van der Waals surface area contributed by atoms with Crippen molar-refractivity contribution in [1.29, 1.82) is 0 Å². The van der Waals surface area contributed by atoms with Gasteiger partial charge < -0.3 is 0 Å². The topological polar surface area (TPSA) is 0 Å². The molecule has 5 heteroatoms. The van der Waals surface area contributed by atoms with Crippen LogP contribution >= 0.6 is 0 Å². The predicted molar refractivity (Wildman–Crippen MR) is 44.5 cm³/mol. The smallest absolute Gasteiger partial charge is 0.238 e. The van der Waals surface area contributed by atoms with Gasteiger partial charge in [-0.3, -0.25) is 0 Å². The highest BCUT2D eigenvalue weighted by molar-refractivity contribution is 5.02. The van der Waals surface area contributed by atoms with Crippen molar-refractivity contribution >= 4 is 0 Å². The van der Waals surface area contributed by atoms with Crippen molar-refractivity contribution in [3.05, 3.63) is 0 Å². The minimum absolute atomic E-state index is 0.451. The van der Waals surface area contributed by atoms with Gasteiger partial charge in [0.1, 0.15) is 0 Å². The Kier molecular flexibility index (Phi) is 2.99. The van der Waals surface area contributed by atoms with Crippen LogP contribution in [0.5, 0.6) is 0 Å². The number of hydrogen-bond acceptors (Lipinski definition) is 0. The monoisotopic (exact) mass is 218 g/mol. The SMILES string of the molecule is CC(C)(C)C(F)(F)C(F)(F)C(C)(C)F. The number of rotatable bonds is 2. The molecule has 0 saturated heterocycles. The highest BCUT2D eigenvalue weighted by Crippen LogP contribution is 2.52. The quantitative estimate of drug-likeness (QED) is 0.613. The molecule has 0 bridgehead atoms. The first-order valence-corrected chi connectivity index (χ1v) is 4.19. The van der Waals surface area contributed by atoms with E-state index in [-0.39, 0.29) is 0 Å². The van der Waals surface area contributed by atoms with E-state index in [1.807, 2.05) is 0 Å². The van der Waals surface area contributed by atoms with Crippen LogP contribution in [0.15, 0.2) is 0 Å². The Morgan fingerprint density at radius 2 is 0.857 bits per heavy atom. The highest BCUT2D eigenvalue weighted by Gasteiger charge is 2.70. The van der Waals surface area contributed by atoms with Crippen LogP contribution in [0.4, 0.5) is 22.0 Å². The molecule has 14 heavy (non-hydrogen) atoms. The summed E-state index contributed by atoms with van der Waals surface area (Å²) in [6, 6.07) is 0. The minimum atomic E-state index is -4.68. The summed E-state index contributed by atoms with van der Waals surface area (Å²) in [4.78, 5) is 0. The molecular weight excluding hydrogens is 203 g/mol. The molecule has 0 amide bonds. The van der Waals surface area contributed by atoms with Crippen LogP contribution < -0.4 is 0 Å². The van der Waals surface area contributed by atoms with Gasteiger partial charge in [0.2, 0.25) is 0 Å². The van der Waals surface area contributed by atoms with Crippen molar-refractivity contribution in [2.75, 3.05) is 0 Å². The number of hydrogen-bond donors (Lipinski definition) is 0. The summed E-state index contributed by atoms with van der Waals surface area (Å²) < 4.78 is 65.6. The molecule has 0 aromatic heterocycles. The molecule has 0 radical (unpaired) electrons. The summed E-state index contributed by atoms with van der Waals surface area (Å²) in [5.41, 5.74) is -5.23. The lowest BCUT2D eigenvalue weighted by Crippen LogP contribution is -2.59. The van der Waals surface area contributed by atoms with E-state index in [9.17, 15) is 22.0 Å². The molecular formula is C9H15F5. The van der Waals surface area contributed by atoms with Gasteiger partial charge in [-0.25, -0.2) is 4.39 Å². The molecule has 0 aromatic carbocycles. The van der Waals surface area contributed by atoms with Gasteiger partial charge in [-0.2, -0.15) is 17.6 Å². The summed E-state index contributed by atoms with van der Waals surface area (Å²) in [6.45, 7) is 3.76. The fraction of sp³-hybridized carbons (Fsp3) is 1.00. The normalized spacial score (nSPS) is 15.9. The fourth-order valence-electron chi connectivity index (χ4n) is 0.844. The lowest BCUT2D eigenvalue weighted by Gasteiger charge is -2.40. The maximum atomic E-state index is 13.2. The van der Waals surface area contributed by atoms with E-state index < -0.39 is 22.9 Å². The Hall–Kier alpha value is -0.350. The maximum Gasteiger partial charge on any atom is 0.343 e. The van der Waals surface area contributed by atoms with Crippen LogP contribution in [0.2, 0.25) is 0 Å². The molecule has 0 heterocycles. The van der Waals surface area contributed by atoms with Crippen molar-refractivity contribution in [1.82, 2.24) is 0 Å². The third-order valence-corrected chi connectivity index (χ3v) is 2.08. The third kappa shape index (κ3) is 1.86. The van der Waals surface area contributed by atoms with Crippen LogP contribution in [0.3, 0.4) is 0 Å². The second-order valence-corrected chi connectivity index (χ2v) is 4.87. The first-order valence-electron chi connectivity index (χ1n) is 4.19. The van der Waals surface area contributed by atoms with E-state index in [4.69, 9.17) is 0 Å². The summed E-state index contributed by atoms with van der Waals surface area (Å²) in [5, 5.41) is 0. The molecule has 0 N–H and O–H groups in total. The van der Waals surface area contributed by atoms with E-state index in [2.05, 4.69) is 0 Å². The second-order valence-electron chi connectivity index (χ2n) is 4.87. The first-order chi connectivity index (χ1) is 5.75. The lowest BCUT2D eigenvalue weighted by molar-refractivity contribution is -0.299. The van der Waals surface area contributed by atoms with E-state index in [1.165, 1.54) is 0 Å². The molecule has 0 saturated carbocycles. The van der Waals surface area contributed by atoms with Crippen LogP contribution in [-0.4, -0.2) is 17.5 Å². The average Bonchev–Trinajstić information content (AvgIpc) is 1.81. The third-order valence-electron chi connectivity index (χ3n) is 2.08. The van der Waals surface area contributed by atoms with Gasteiger partial charge in [0.05, 0.1) is 0 Å². The van der Waals surface area contributed by atoms with Gasteiger partial charge >= 0.3 is 11.8 Å². The van der Waals surface area contributed by atoms with E-state index in [0.29, 0.717) is 13.8 Å². The average molecular weight is 218 g/mol. The first kappa shape index (κ1) is 13.7. The van der Waals surface area contributed by atoms with Gasteiger partial charge in [-0.1, -0.05) is 20.8 Å². The predicted octanol–water partition coefficient (Wildman–Crippen LogP) is 4.05. The Morgan fingerprint density at radius 3 is 0.929 bits per heavy atom. The van der Waals surface area contributed by atoms with Crippen LogP contribution in [-0.2, 0) is 0 Å². The van der Waals surface area contributed by atoms with Gasteiger partial charge in [-0.15, -0.1) is 0 Å². The van der Waals surface area contributed by atoms with E-state index >= 15 is 0 Å². The highest BCUT2D eigenvalue weighted by atomic mass is 19.3. The number of alkyl halides is 5. The molecule has 0 unspecified atom stereocenters. The van der Waals surface area contributed by atoms with Gasteiger partial charge in [0, 0.05) is 5.41 Å². The summed E-state index contributed by atoms with van der Waals surface area (Å²) >= 11 is 0. The lowest BCUT2D eigenvalue weighted by atomic mass is 9.79. The number of halogens is 5. The molecule has 0 aliphatic rings. The Morgan fingerprint density at radius 1 is 0.571 bits per heavy atom. The van der Waals surface area contributed by atoms with Gasteiger partial charge in [0.15, 0.2) is 5.67 Å². The van der Waals surface area contributed by atoms with Crippen molar-refractivity contribution < 1.29 is 22.0 Å². The molecule has 0 rings (SSSR count). The van der Waals surface area contributed by atoms with Crippen molar-refractivity contribution in [2.45, 2.75) is 52.1 Å². The Balaban J connectivity index is 5.30. The standard InChI is InChI=1S/C9H15F5/c1-6(2,3)8(11,12)9(13,14)7(4,5)10/h1-5H3. The fourth-order valence-corrected chi connectivity index (χ4v) is 0.844. The van der Waals surface area contributed by atoms with Crippen LogP contribution in [0.25, 0.3) is 0 Å². The molecule has 86 valence electrons. The molecule has 0 atom stereocenters. The maximum absolute atomic E-state index is 13.2. The van der Waals surface area contributed by atoms with E-state index in [1.54, 1.807) is 0 Å². The molecule has 0 aliphatic carbocycles. The van der Waals surface area contributed by atoms with Crippen LogP contribution in [0.1, 0.15) is 34.6 Å². The molecule has 0 spiro atoms. The van der Waals surface area contributed by atoms with Crippen molar-refractivity contribution in [3.8, 4) is 0 Å². The Bertz CT molecular complexity index is 182. The zero-order valence-electron chi connectivity index (χ0n) is 8.89. The van der Waals surface area contributed by atoms with Gasteiger partial charge in [0.25, 0.3) is 0 Å². The zero-order valence-corrected chi connectivity index (χ0v) is 8.89. The second kappa shape index (κ2) is 3.07. The van der Waals surface area contributed by atoms with Crippen molar-refractivity contribution in [2.24, 2.45) is 5.41 Å². The van der Waals surface area contributed by atoms with Gasteiger partial charge in [-0.05, 0) is 13.8 Å². The molecule has 0 aromatic rings. The summed E-state index contributed by atoms with van der Waals surface area (Å²) in [5.74, 6) is -9.07. The summed E-state index contributed by atoms with van der Waals surface area (Å²) in [7, 11) is 0. The molecule has 0 fully saturated rings. The summed E-state index contributed by atoms with van der Waals surface area (Å²) in [6.07, 6.45) is 0.